The molecule has 0 bridgehead atoms. The Labute approximate surface area is 122 Å². The number of aryl methyl sites for hydroxylation is 2. The van der Waals surface area contributed by atoms with Crippen LogP contribution in [0.15, 0.2) is 22.7 Å². The number of nitrogens with zero attached hydrogens (tertiary/aromatic N) is 2. The third-order valence-electron chi connectivity index (χ3n) is 2.68. The molecule has 0 saturated carbocycles. The van der Waals surface area contributed by atoms with E-state index in [4.69, 9.17) is 16.0 Å². The third-order valence-corrected chi connectivity index (χ3v) is 2.88. The molecule has 0 aliphatic rings. The van der Waals surface area contributed by atoms with Gasteiger partial charge in [-0.25, -0.2) is 9.97 Å². The highest BCUT2D eigenvalue weighted by Gasteiger charge is 2.10. The Kier molecular flexibility index (Phi) is 4.74. The van der Waals surface area contributed by atoms with Crippen LogP contribution in [0.25, 0.3) is 0 Å². The van der Waals surface area contributed by atoms with E-state index in [9.17, 15) is 4.79 Å². The fourth-order valence-corrected chi connectivity index (χ4v) is 2.03. The second-order valence-electron chi connectivity index (χ2n) is 4.47. The zero-order valence-electron chi connectivity index (χ0n) is 11.4. The summed E-state index contributed by atoms with van der Waals surface area (Å²) >= 11 is 5.93. The molecule has 6 heteroatoms. The van der Waals surface area contributed by atoms with Gasteiger partial charge >= 0.3 is 0 Å². The van der Waals surface area contributed by atoms with Crippen LogP contribution in [0, 0.1) is 6.92 Å². The summed E-state index contributed by atoms with van der Waals surface area (Å²) in [5, 5.41) is 3.07. The van der Waals surface area contributed by atoms with Crippen molar-refractivity contribution in [3.05, 3.63) is 46.4 Å². The lowest BCUT2D eigenvalue weighted by molar-refractivity contribution is 0.0947. The highest BCUT2D eigenvalue weighted by atomic mass is 35.5. The molecular weight excluding hydrogens is 278 g/mol. The van der Waals surface area contributed by atoms with Crippen molar-refractivity contribution in [2.24, 2.45) is 0 Å². The smallest absolute Gasteiger partial charge is 0.251 e. The van der Waals surface area contributed by atoms with E-state index < -0.39 is 0 Å². The molecule has 0 aliphatic heterocycles. The van der Waals surface area contributed by atoms with Crippen molar-refractivity contribution in [3.63, 3.8) is 0 Å². The number of oxazole rings is 1. The van der Waals surface area contributed by atoms with Crippen LogP contribution in [0.5, 0.6) is 0 Å². The quantitative estimate of drug-likeness (QED) is 0.861. The molecule has 20 heavy (non-hydrogen) atoms. The molecular formula is C14H16ClN3O2. The molecule has 2 aromatic heterocycles. The average Bonchev–Trinajstić information content (AvgIpc) is 2.81. The van der Waals surface area contributed by atoms with Crippen LogP contribution in [0.3, 0.4) is 0 Å². The zero-order chi connectivity index (χ0) is 14.5. The molecule has 0 aliphatic carbocycles. The molecule has 2 rings (SSSR count). The second-order valence-corrected chi connectivity index (χ2v) is 4.85. The molecule has 1 amide bonds. The molecule has 0 saturated heterocycles. The lowest BCUT2D eigenvalue weighted by atomic mass is 10.1. The summed E-state index contributed by atoms with van der Waals surface area (Å²) in [5.41, 5.74) is 1.31. The molecule has 2 aromatic rings. The maximum Gasteiger partial charge on any atom is 0.251 e. The number of pyridine rings is 1. The van der Waals surface area contributed by atoms with Gasteiger partial charge in [-0.2, -0.15) is 0 Å². The summed E-state index contributed by atoms with van der Waals surface area (Å²) in [6.45, 7) is 4.10. The highest BCUT2D eigenvalue weighted by molar-refractivity contribution is 6.29. The van der Waals surface area contributed by atoms with E-state index in [1.165, 1.54) is 0 Å². The molecule has 0 spiro atoms. The minimum atomic E-state index is -0.220. The predicted octanol–water partition coefficient (Wildman–Crippen LogP) is 2.91. The van der Waals surface area contributed by atoms with Crippen molar-refractivity contribution in [1.82, 2.24) is 15.3 Å². The normalized spacial score (nSPS) is 10.6. The molecule has 0 radical (unpaired) electrons. The highest BCUT2D eigenvalue weighted by Crippen LogP contribution is 2.12. The molecule has 106 valence electrons. The molecule has 0 unspecified atom stereocenters. The van der Waals surface area contributed by atoms with Gasteiger partial charge in [0.15, 0.2) is 0 Å². The Bertz CT molecular complexity index is 610. The van der Waals surface area contributed by atoms with E-state index in [-0.39, 0.29) is 12.5 Å². The Balaban J connectivity index is 2.04. The average molecular weight is 294 g/mol. The van der Waals surface area contributed by atoms with Gasteiger partial charge in [0.05, 0.1) is 12.7 Å². The van der Waals surface area contributed by atoms with Crippen molar-refractivity contribution < 1.29 is 9.21 Å². The van der Waals surface area contributed by atoms with Crippen LogP contribution in [0.4, 0.5) is 0 Å². The summed E-state index contributed by atoms with van der Waals surface area (Å²) in [6.07, 6.45) is 3.36. The standard InChI is InChI=1S/C14H16ClN3O2/c1-3-4-11-5-10(6-12(15)18-11)14(19)17-8-13-16-7-9(2)20-13/h5-7H,3-4,8H2,1-2H3,(H,17,19). The van der Waals surface area contributed by atoms with Crippen molar-refractivity contribution in [2.75, 3.05) is 0 Å². The van der Waals surface area contributed by atoms with Crippen LogP contribution in [-0.4, -0.2) is 15.9 Å². The molecule has 2 heterocycles. The van der Waals surface area contributed by atoms with E-state index in [0.29, 0.717) is 22.4 Å². The largest absolute Gasteiger partial charge is 0.444 e. The summed E-state index contributed by atoms with van der Waals surface area (Å²) in [5.74, 6) is 0.971. The molecule has 0 fully saturated rings. The molecule has 0 atom stereocenters. The predicted molar refractivity (Wildman–Crippen MR) is 75.7 cm³/mol. The monoisotopic (exact) mass is 293 g/mol. The fraction of sp³-hybridized carbons (Fsp3) is 0.357. The molecule has 1 N–H and O–H groups in total. The zero-order valence-corrected chi connectivity index (χ0v) is 12.2. The molecule has 5 nitrogen and oxygen atoms in total. The maximum absolute atomic E-state index is 12.1. The number of hydrogen-bond acceptors (Lipinski definition) is 4. The van der Waals surface area contributed by atoms with E-state index in [0.717, 1.165) is 18.5 Å². The van der Waals surface area contributed by atoms with Crippen molar-refractivity contribution in [3.8, 4) is 0 Å². The van der Waals surface area contributed by atoms with Crippen molar-refractivity contribution in [2.45, 2.75) is 33.2 Å². The van der Waals surface area contributed by atoms with Gasteiger partial charge in [0.25, 0.3) is 5.91 Å². The number of halogens is 1. The minimum Gasteiger partial charge on any atom is -0.444 e. The first-order valence-electron chi connectivity index (χ1n) is 6.44. The maximum atomic E-state index is 12.1. The lowest BCUT2D eigenvalue weighted by Crippen LogP contribution is -2.23. The summed E-state index contributed by atoms with van der Waals surface area (Å²) in [4.78, 5) is 20.3. The number of amides is 1. The number of carbonyl (C=O) groups excluding carboxylic acids is 1. The van der Waals surface area contributed by atoms with E-state index in [2.05, 4.69) is 15.3 Å². The van der Waals surface area contributed by atoms with E-state index in [1.807, 2.05) is 6.92 Å². The Morgan fingerprint density at radius 3 is 2.90 bits per heavy atom. The number of nitrogens with one attached hydrogen (secondary N) is 1. The summed E-state index contributed by atoms with van der Waals surface area (Å²) in [6, 6.07) is 3.31. The van der Waals surface area contributed by atoms with Gasteiger partial charge in [-0.15, -0.1) is 0 Å². The van der Waals surface area contributed by atoms with Crippen molar-refractivity contribution >= 4 is 17.5 Å². The van der Waals surface area contributed by atoms with Gasteiger partial charge < -0.3 is 9.73 Å². The lowest BCUT2D eigenvalue weighted by Gasteiger charge is -2.06. The van der Waals surface area contributed by atoms with Crippen LogP contribution >= 0.6 is 11.6 Å². The topological polar surface area (TPSA) is 68.0 Å². The van der Waals surface area contributed by atoms with Gasteiger partial charge in [-0.1, -0.05) is 24.9 Å². The van der Waals surface area contributed by atoms with E-state index in [1.54, 1.807) is 25.3 Å². The SMILES string of the molecule is CCCc1cc(C(=O)NCc2ncc(C)o2)cc(Cl)n1. The van der Waals surface area contributed by atoms with Gasteiger partial charge in [0, 0.05) is 11.3 Å². The number of rotatable bonds is 5. The van der Waals surface area contributed by atoms with Crippen LogP contribution < -0.4 is 5.32 Å². The Hall–Kier alpha value is -1.88. The van der Waals surface area contributed by atoms with Crippen LogP contribution in [0.2, 0.25) is 5.15 Å². The number of hydrogen-bond donors (Lipinski definition) is 1. The Morgan fingerprint density at radius 1 is 1.45 bits per heavy atom. The first kappa shape index (κ1) is 14.5. The van der Waals surface area contributed by atoms with E-state index >= 15 is 0 Å². The Morgan fingerprint density at radius 2 is 2.25 bits per heavy atom. The first-order valence-corrected chi connectivity index (χ1v) is 6.82. The summed E-state index contributed by atoms with van der Waals surface area (Å²) in [7, 11) is 0. The van der Waals surface area contributed by atoms with Gasteiger partial charge in [0.1, 0.15) is 10.9 Å². The number of carbonyl (C=O) groups is 1. The first-order chi connectivity index (χ1) is 9.58. The van der Waals surface area contributed by atoms with Crippen LogP contribution in [0.1, 0.15) is 41.0 Å². The van der Waals surface area contributed by atoms with Crippen molar-refractivity contribution in [1.29, 1.82) is 0 Å². The summed E-state index contributed by atoms with van der Waals surface area (Å²) < 4.78 is 5.29. The van der Waals surface area contributed by atoms with Gasteiger partial charge in [-0.05, 0) is 25.5 Å². The fourth-order valence-electron chi connectivity index (χ4n) is 1.81. The van der Waals surface area contributed by atoms with Gasteiger partial charge in [-0.3, -0.25) is 4.79 Å². The second kappa shape index (κ2) is 6.52. The minimum absolute atomic E-state index is 0.220. The molecule has 0 aromatic carbocycles. The van der Waals surface area contributed by atoms with Gasteiger partial charge in [0.2, 0.25) is 5.89 Å². The van der Waals surface area contributed by atoms with Crippen LogP contribution in [-0.2, 0) is 13.0 Å². The number of aromatic nitrogens is 2. The third kappa shape index (κ3) is 3.81.